The fourth-order valence-electron chi connectivity index (χ4n) is 4.85. The van der Waals surface area contributed by atoms with Gasteiger partial charge < -0.3 is 14.3 Å². The monoisotopic (exact) mass is 417 g/mol. The van der Waals surface area contributed by atoms with Gasteiger partial charge in [0.2, 0.25) is 0 Å². The number of furan rings is 1. The molecule has 0 saturated carbocycles. The van der Waals surface area contributed by atoms with Crippen LogP contribution in [0.1, 0.15) is 45.1 Å². The van der Waals surface area contributed by atoms with Crippen molar-refractivity contribution in [2.45, 2.75) is 38.8 Å². The number of carbonyl (C=O) groups excluding carboxylic acids is 3. The molecule has 2 aromatic heterocycles. The molecule has 1 spiro atoms. The molecular formula is C24H23N3O4. The van der Waals surface area contributed by atoms with Crippen LogP contribution in [-0.2, 0) is 23.3 Å². The summed E-state index contributed by atoms with van der Waals surface area (Å²) in [5.41, 5.74) is 3.05. The van der Waals surface area contributed by atoms with Gasteiger partial charge in [0.25, 0.3) is 5.91 Å². The number of aromatic nitrogens is 1. The second-order valence-corrected chi connectivity index (χ2v) is 8.26. The van der Waals surface area contributed by atoms with E-state index in [4.69, 9.17) is 4.42 Å². The minimum Gasteiger partial charge on any atom is -0.467 e. The molecule has 1 atom stereocenters. The molecule has 7 heteroatoms. The van der Waals surface area contributed by atoms with Crippen molar-refractivity contribution in [3.63, 3.8) is 0 Å². The Bertz CT molecular complexity index is 1210. The molecule has 3 heterocycles. The Kier molecular flexibility index (Phi) is 4.36. The quantitative estimate of drug-likeness (QED) is 0.510. The molecule has 1 aliphatic heterocycles. The van der Waals surface area contributed by atoms with Gasteiger partial charge in [0, 0.05) is 17.0 Å². The van der Waals surface area contributed by atoms with Gasteiger partial charge in [-0.15, -0.1) is 0 Å². The zero-order valence-electron chi connectivity index (χ0n) is 17.5. The molecule has 1 saturated heterocycles. The predicted molar refractivity (Wildman–Crippen MR) is 113 cm³/mol. The molecule has 1 N–H and O–H groups in total. The average molecular weight is 417 g/mol. The smallest absolute Gasteiger partial charge is 0.325 e. The molecule has 0 bridgehead atoms. The van der Waals surface area contributed by atoms with Crippen molar-refractivity contribution in [1.82, 2.24) is 14.8 Å². The molecule has 0 radical (unpaired) electrons. The number of ketones is 1. The number of rotatable bonds is 5. The Hall–Kier alpha value is -3.61. The van der Waals surface area contributed by atoms with Crippen molar-refractivity contribution in [3.05, 3.63) is 82.6 Å². The van der Waals surface area contributed by atoms with E-state index in [1.165, 1.54) is 0 Å². The average Bonchev–Trinajstić information content (AvgIpc) is 3.51. The van der Waals surface area contributed by atoms with E-state index in [0.29, 0.717) is 18.5 Å². The van der Waals surface area contributed by atoms with E-state index in [1.807, 2.05) is 54.8 Å². The van der Waals surface area contributed by atoms with Crippen LogP contribution in [0, 0.1) is 13.8 Å². The lowest BCUT2D eigenvalue weighted by molar-refractivity contribution is -0.131. The van der Waals surface area contributed by atoms with E-state index >= 15 is 0 Å². The lowest BCUT2D eigenvalue weighted by atomic mass is 9.92. The fourth-order valence-corrected chi connectivity index (χ4v) is 4.85. The highest BCUT2D eigenvalue weighted by Gasteiger charge is 2.55. The van der Waals surface area contributed by atoms with Gasteiger partial charge in [-0.2, -0.15) is 0 Å². The largest absolute Gasteiger partial charge is 0.467 e. The molecule has 1 fully saturated rings. The van der Waals surface area contributed by atoms with Gasteiger partial charge in [0.05, 0.1) is 19.4 Å². The highest BCUT2D eigenvalue weighted by Crippen LogP contribution is 2.41. The normalized spacial score (nSPS) is 19.9. The van der Waals surface area contributed by atoms with Crippen LogP contribution < -0.4 is 5.32 Å². The molecule has 2 aliphatic rings. The van der Waals surface area contributed by atoms with Crippen molar-refractivity contribution in [2.24, 2.45) is 0 Å². The second kappa shape index (κ2) is 6.97. The van der Waals surface area contributed by atoms with E-state index in [9.17, 15) is 14.4 Å². The minimum absolute atomic E-state index is 0.259. The van der Waals surface area contributed by atoms with Gasteiger partial charge in [-0.3, -0.25) is 14.5 Å². The Labute approximate surface area is 179 Å². The Morgan fingerprint density at radius 1 is 1.16 bits per heavy atom. The highest BCUT2D eigenvalue weighted by molar-refractivity contribution is 6.12. The number of imide groups is 1. The summed E-state index contributed by atoms with van der Waals surface area (Å²) in [7, 11) is 0. The third-order valence-corrected chi connectivity index (χ3v) is 6.49. The van der Waals surface area contributed by atoms with Gasteiger partial charge in [-0.25, -0.2) is 4.79 Å². The first-order chi connectivity index (χ1) is 14.9. The molecule has 5 rings (SSSR count). The zero-order valence-corrected chi connectivity index (χ0v) is 17.5. The van der Waals surface area contributed by atoms with Gasteiger partial charge >= 0.3 is 6.03 Å². The predicted octanol–water partition coefficient (Wildman–Crippen LogP) is 3.32. The summed E-state index contributed by atoms with van der Waals surface area (Å²) >= 11 is 0. The molecule has 31 heavy (non-hydrogen) atoms. The lowest BCUT2D eigenvalue weighted by Crippen LogP contribution is -2.42. The molecule has 1 unspecified atom stereocenters. The molecule has 158 valence electrons. The number of nitrogens with one attached hydrogen (secondary N) is 1. The number of carbonyl (C=O) groups is 3. The van der Waals surface area contributed by atoms with Crippen LogP contribution in [0.4, 0.5) is 4.79 Å². The maximum Gasteiger partial charge on any atom is 0.325 e. The summed E-state index contributed by atoms with van der Waals surface area (Å²) < 4.78 is 7.42. The number of fused-ring (bicyclic) bond motifs is 2. The van der Waals surface area contributed by atoms with Crippen LogP contribution in [0.2, 0.25) is 0 Å². The van der Waals surface area contributed by atoms with E-state index in [1.54, 1.807) is 12.3 Å². The van der Waals surface area contributed by atoms with Crippen LogP contribution in [0.15, 0.2) is 53.1 Å². The molecule has 7 nitrogen and oxygen atoms in total. The van der Waals surface area contributed by atoms with Crippen molar-refractivity contribution in [3.8, 4) is 0 Å². The number of benzene rings is 1. The number of urea groups is 1. The summed E-state index contributed by atoms with van der Waals surface area (Å²) in [5.74, 6) is 0.183. The molecule has 3 amide bonds. The SMILES string of the molecule is Cc1cc(C(=O)CN2C(=O)NC3(CCc4ccccc43)C2=O)c(C)n1Cc1ccco1. The Morgan fingerprint density at radius 3 is 2.74 bits per heavy atom. The van der Waals surface area contributed by atoms with Gasteiger partial charge in [-0.05, 0) is 56.0 Å². The van der Waals surface area contributed by atoms with Gasteiger partial charge in [-0.1, -0.05) is 24.3 Å². The molecule has 1 aromatic carbocycles. The number of amides is 3. The molecular weight excluding hydrogens is 394 g/mol. The van der Waals surface area contributed by atoms with Crippen LogP contribution in [0.3, 0.4) is 0 Å². The number of aryl methyl sites for hydroxylation is 2. The standard InChI is InChI=1S/C24H23N3O4/c1-15-12-19(16(2)26(15)13-18-7-5-11-31-18)21(28)14-27-22(29)24(25-23(27)30)10-9-17-6-3-4-8-20(17)24/h3-8,11-12H,9-10,13-14H2,1-2H3,(H,25,30). The summed E-state index contributed by atoms with van der Waals surface area (Å²) in [6.45, 7) is 4.02. The van der Waals surface area contributed by atoms with Crippen molar-refractivity contribution in [2.75, 3.05) is 6.54 Å². The van der Waals surface area contributed by atoms with Crippen molar-refractivity contribution >= 4 is 17.7 Å². The van der Waals surface area contributed by atoms with Crippen molar-refractivity contribution < 1.29 is 18.8 Å². The fraction of sp³-hybridized carbons (Fsp3) is 0.292. The zero-order chi connectivity index (χ0) is 21.8. The van der Waals surface area contributed by atoms with Crippen LogP contribution in [0.25, 0.3) is 0 Å². The van der Waals surface area contributed by atoms with E-state index < -0.39 is 11.6 Å². The number of nitrogens with zero attached hydrogens (tertiary/aromatic N) is 2. The number of hydrogen-bond donors (Lipinski definition) is 1. The first-order valence-corrected chi connectivity index (χ1v) is 10.4. The van der Waals surface area contributed by atoms with Crippen LogP contribution >= 0.6 is 0 Å². The van der Waals surface area contributed by atoms with Crippen molar-refractivity contribution in [1.29, 1.82) is 0 Å². The number of Topliss-reactive ketones (excluding diaryl/α,β-unsaturated/α-hetero) is 1. The molecule has 1 aliphatic carbocycles. The van der Waals surface area contributed by atoms with Gasteiger partial charge in [0.1, 0.15) is 11.3 Å². The van der Waals surface area contributed by atoms with E-state index in [0.717, 1.165) is 39.6 Å². The maximum absolute atomic E-state index is 13.3. The van der Waals surface area contributed by atoms with Crippen LogP contribution in [-0.4, -0.2) is 33.7 Å². The van der Waals surface area contributed by atoms with Gasteiger partial charge in [0.15, 0.2) is 5.78 Å². The maximum atomic E-state index is 13.3. The number of hydrogen-bond acceptors (Lipinski definition) is 4. The topological polar surface area (TPSA) is 84.5 Å². The Morgan fingerprint density at radius 2 is 1.97 bits per heavy atom. The third kappa shape index (κ3) is 2.91. The lowest BCUT2D eigenvalue weighted by Gasteiger charge is -2.22. The Balaban J connectivity index is 1.39. The molecule has 3 aromatic rings. The first kappa shape index (κ1) is 19.4. The summed E-state index contributed by atoms with van der Waals surface area (Å²) in [4.78, 5) is 40.2. The van der Waals surface area contributed by atoms with E-state index in [2.05, 4.69) is 5.32 Å². The summed E-state index contributed by atoms with van der Waals surface area (Å²) in [6.07, 6.45) is 2.85. The van der Waals surface area contributed by atoms with E-state index in [-0.39, 0.29) is 18.2 Å². The summed E-state index contributed by atoms with van der Waals surface area (Å²) in [5, 5.41) is 2.87. The second-order valence-electron chi connectivity index (χ2n) is 8.26. The third-order valence-electron chi connectivity index (χ3n) is 6.49. The first-order valence-electron chi connectivity index (χ1n) is 10.4. The summed E-state index contributed by atoms with van der Waals surface area (Å²) in [6, 6.07) is 12.7. The van der Waals surface area contributed by atoms with Crippen LogP contribution in [0.5, 0.6) is 0 Å². The highest BCUT2D eigenvalue weighted by atomic mass is 16.3. The minimum atomic E-state index is -1.05.